The maximum Gasteiger partial charge on any atom is 0.128 e. The molecule has 1 aromatic carbocycles. The number of aryl methyl sites for hydroxylation is 1. The molecule has 0 saturated heterocycles. The molecule has 1 heterocycles. The summed E-state index contributed by atoms with van der Waals surface area (Å²) < 4.78 is 15.2. The van der Waals surface area contributed by atoms with Gasteiger partial charge in [-0.05, 0) is 53.3 Å². The topological polar surface area (TPSA) is 12.0 Å². The van der Waals surface area contributed by atoms with Crippen LogP contribution in [-0.4, -0.2) is 6.54 Å². The Morgan fingerprint density at radius 2 is 2.16 bits per heavy atom. The standard InChI is InChI=1S/C15H17BrFNS/c1-3-7-18-14(15-12(16)6-8-19-15)11-9-10(2)4-5-13(11)17/h4-6,8-9,14,18H,3,7H2,1-2H3. The summed E-state index contributed by atoms with van der Waals surface area (Å²) in [4.78, 5) is 1.12. The van der Waals surface area contributed by atoms with Crippen molar-refractivity contribution in [1.82, 2.24) is 5.32 Å². The van der Waals surface area contributed by atoms with Crippen LogP contribution in [0, 0.1) is 12.7 Å². The summed E-state index contributed by atoms with van der Waals surface area (Å²) in [7, 11) is 0. The molecule has 102 valence electrons. The van der Waals surface area contributed by atoms with Crippen molar-refractivity contribution >= 4 is 27.3 Å². The number of halogens is 2. The van der Waals surface area contributed by atoms with Gasteiger partial charge >= 0.3 is 0 Å². The van der Waals surface area contributed by atoms with Crippen LogP contribution in [0.3, 0.4) is 0 Å². The van der Waals surface area contributed by atoms with E-state index in [2.05, 4.69) is 28.2 Å². The van der Waals surface area contributed by atoms with E-state index in [9.17, 15) is 4.39 Å². The fraction of sp³-hybridized carbons (Fsp3) is 0.333. The van der Waals surface area contributed by atoms with Crippen molar-refractivity contribution in [2.75, 3.05) is 6.54 Å². The molecule has 19 heavy (non-hydrogen) atoms. The van der Waals surface area contributed by atoms with Crippen LogP contribution in [-0.2, 0) is 0 Å². The summed E-state index contributed by atoms with van der Waals surface area (Å²) in [5.41, 5.74) is 1.80. The van der Waals surface area contributed by atoms with E-state index in [-0.39, 0.29) is 11.9 Å². The second-order valence-electron chi connectivity index (χ2n) is 4.54. The highest BCUT2D eigenvalue weighted by molar-refractivity contribution is 9.10. The van der Waals surface area contributed by atoms with Gasteiger partial charge in [-0.1, -0.05) is 24.6 Å². The number of thiophene rings is 1. The molecule has 4 heteroatoms. The third-order valence-electron chi connectivity index (χ3n) is 2.97. The maximum absolute atomic E-state index is 14.1. The number of benzene rings is 1. The third kappa shape index (κ3) is 3.44. The van der Waals surface area contributed by atoms with E-state index >= 15 is 0 Å². The van der Waals surface area contributed by atoms with E-state index in [0.29, 0.717) is 0 Å². The fourth-order valence-corrected chi connectivity index (χ4v) is 3.72. The van der Waals surface area contributed by atoms with Gasteiger partial charge in [0.05, 0.1) is 6.04 Å². The van der Waals surface area contributed by atoms with Crippen molar-refractivity contribution in [3.63, 3.8) is 0 Å². The molecule has 0 aliphatic rings. The number of nitrogens with one attached hydrogen (secondary N) is 1. The van der Waals surface area contributed by atoms with Gasteiger partial charge in [-0.15, -0.1) is 11.3 Å². The van der Waals surface area contributed by atoms with Crippen molar-refractivity contribution < 1.29 is 4.39 Å². The van der Waals surface area contributed by atoms with Crippen LogP contribution in [0.5, 0.6) is 0 Å². The molecule has 1 aromatic heterocycles. The van der Waals surface area contributed by atoms with E-state index in [4.69, 9.17) is 0 Å². The fourth-order valence-electron chi connectivity index (χ4n) is 2.03. The Balaban J connectivity index is 2.42. The lowest BCUT2D eigenvalue weighted by Crippen LogP contribution is -2.23. The Bertz CT molecular complexity index is 553. The second kappa shape index (κ2) is 6.64. The molecule has 0 aliphatic heterocycles. The smallest absolute Gasteiger partial charge is 0.128 e. The van der Waals surface area contributed by atoms with Crippen molar-refractivity contribution in [1.29, 1.82) is 0 Å². The molecule has 0 radical (unpaired) electrons. The van der Waals surface area contributed by atoms with E-state index in [1.807, 2.05) is 24.4 Å². The first kappa shape index (κ1) is 14.7. The lowest BCUT2D eigenvalue weighted by atomic mass is 10.0. The molecule has 1 atom stereocenters. The zero-order valence-corrected chi connectivity index (χ0v) is 13.4. The molecular formula is C15H17BrFNS. The molecule has 0 aliphatic carbocycles. The molecule has 0 fully saturated rings. The summed E-state index contributed by atoms with van der Waals surface area (Å²) in [6, 6.07) is 7.20. The first-order valence-corrected chi connectivity index (χ1v) is 8.03. The Hall–Kier alpha value is -0.710. The largest absolute Gasteiger partial charge is 0.305 e. The molecular weight excluding hydrogens is 325 g/mol. The van der Waals surface area contributed by atoms with Crippen LogP contribution in [0.1, 0.15) is 35.4 Å². The van der Waals surface area contributed by atoms with Crippen LogP contribution >= 0.6 is 27.3 Å². The maximum atomic E-state index is 14.1. The minimum atomic E-state index is -0.153. The lowest BCUT2D eigenvalue weighted by Gasteiger charge is -2.19. The molecule has 1 nitrogen and oxygen atoms in total. The Morgan fingerprint density at radius 3 is 2.79 bits per heavy atom. The molecule has 0 spiro atoms. The number of hydrogen-bond acceptors (Lipinski definition) is 2. The van der Waals surface area contributed by atoms with Gasteiger partial charge in [-0.3, -0.25) is 0 Å². The van der Waals surface area contributed by atoms with Gasteiger partial charge in [0.25, 0.3) is 0 Å². The van der Waals surface area contributed by atoms with Crippen LogP contribution in [0.2, 0.25) is 0 Å². The molecule has 0 bridgehead atoms. The van der Waals surface area contributed by atoms with Crippen LogP contribution in [0.25, 0.3) is 0 Å². The SMILES string of the molecule is CCCNC(c1cc(C)ccc1F)c1sccc1Br. The van der Waals surface area contributed by atoms with Crippen LogP contribution in [0.4, 0.5) is 4.39 Å². The summed E-state index contributed by atoms with van der Waals surface area (Å²) in [5, 5.41) is 5.46. The van der Waals surface area contributed by atoms with E-state index in [1.165, 1.54) is 0 Å². The molecule has 1 unspecified atom stereocenters. The van der Waals surface area contributed by atoms with Crippen molar-refractivity contribution in [3.8, 4) is 0 Å². The number of hydrogen-bond donors (Lipinski definition) is 1. The van der Waals surface area contributed by atoms with Gasteiger partial charge < -0.3 is 5.32 Å². The summed E-state index contributed by atoms with van der Waals surface area (Å²) in [6.45, 7) is 4.96. The highest BCUT2D eigenvalue weighted by Crippen LogP contribution is 2.34. The predicted octanol–water partition coefficient (Wildman–Crippen LogP) is 5.05. The van der Waals surface area contributed by atoms with Crippen molar-refractivity contribution in [3.05, 3.63) is 55.9 Å². The van der Waals surface area contributed by atoms with E-state index < -0.39 is 0 Å². The zero-order valence-electron chi connectivity index (χ0n) is 11.0. The van der Waals surface area contributed by atoms with Gasteiger partial charge in [-0.2, -0.15) is 0 Å². The second-order valence-corrected chi connectivity index (χ2v) is 6.35. The van der Waals surface area contributed by atoms with Gasteiger partial charge in [0, 0.05) is 14.9 Å². The molecule has 2 rings (SSSR count). The Labute approximate surface area is 126 Å². The van der Waals surface area contributed by atoms with Gasteiger partial charge in [0.15, 0.2) is 0 Å². The summed E-state index contributed by atoms with van der Waals surface area (Å²) in [6.07, 6.45) is 1.02. The summed E-state index contributed by atoms with van der Waals surface area (Å²) >= 11 is 5.19. The zero-order chi connectivity index (χ0) is 13.8. The Kier molecular flexibility index (Phi) is 5.13. The first-order chi connectivity index (χ1) is 9.13. The average molecular weight is 342 g/mol. The quantitative estimate of drug-likeness (QED) is 0.802. The summed E-state index contributed by atoms with van der Waals surface area (Å²) in [5.74, 6) is -0.153. The van der Waals surface area contributed by atoms with Crippen LogP contribution in [0.15, 0.2) is 34.1 Å². The van der Waals surface area contributed by atoms with E-state index in [0.717, 1.165) is 33.4 Å². The normalized spacial score (nSPS) is 12.6. The lowest BCUT2D eigenvalue weighted by molar-refractivity contribution is 0.550. The van der Waals surface area contributed by atoms with Gasteiger partial charge in [0.2, 0.25) is 0 Å². The third-order valence-corrected chi connectivity index (χ3v) is 4.90. The Morgan fingerprint density at radius 1 is 1.37 bits per heavy atom. The molecule has 0 amide bonds. The highest BCUT2D eigenvalue weighted by atomic mass is 79.9. The minimum Gasteiger partial charge on any atom is -0.305 e. The van der Waals surface area contributed by atoms with Crippen molar-refractivity contribution in [2.24, 2.45) is 0 Å². The number of rotatable bonds is 5. The van der Waals surface area contributed by atoms with E-state index in [1.54, 1.807) is 23.5 Å². The predicted molar refractivity (Wildman–Crippen MR) is 83.3 cm³/mol. The highest BCUT2D eigenvalue weighted by Gasteiger charge is 2.20. The van der Waals surface area contributed by atoms with Gasteiger partial charge in [0.1, 0.15) is 5.82 Å². The molecule has 2 aromatic rings. The van der Waals surface area contributed by atoms with Gasteiger partial charge in [-0.25, -0.2) is 4.39 Å². The van der Waals surface area contributed by atoms with Crippen LogP contribution < -0.4 is 5.32 Å². The molecule has 1 N–H and O–H groups in total. The molecule has 0 saturated carbocycles. The minimum absolute atomic E-state index is 0.0887. The monoisotopic (exact) mass is 341 g/mol. The average Bonchev–Trinajstić information content (AvgIpc) is 2.80. The van der Waals surface area contributed by atoms with Crippen molar-refractivity contribution in [2.45, 2.75) is 26.3 Å². The first-order valence-electron chi connectivity index (χ1n) is 6.35.